The highest BCUT2D eigenvalue weighted by atomic mass is 32.2. The minimum Gasteiger partial charge on any atom is -0.465 e. The number of ether oxygens (including phenoxy) is 2. The van der Waals surface area contributed by atoms with Gasteiger partial charge in [0.15, 0.2) is 5.16 Å². The van der Waals surface area contributed by atoms with Gasteiger partial charge in [0.2, 0.25) is 5.91 Å². The van der Waals surface area contributed by atoms with Gasteiger partial charge in [0.1, 0.15) is 5.82 Å². The fourth-order valence-corrected chi connectivity index (χ4v) is 4.27. The molecule has 1 heterocycles. The van der Waals surface area contributed by atoms with E-state index in [9.17, 15) is 18.8 Å². The molecule has 8 nitrogen and oxygen atoms in total. The topological polar surface area (TPSA) is 90.7 Å². The zero-order chi connectivity index (χ0) is 24.7. The van der Waals surface area contributed by atoms with Crippen LogP contribution in [0.5, 0.6) is 0 Å². The second kappa shape index (κ2) is 11.8. The van der Waals surface area contributed by atoms with Crippen molar-refractivity contribution < 1.29 is 23.5 Å². The number of halogens is 1. The van der Waals surface area contributed by atoms with Crippen molar-refractivity contribution in [3.8, 4) is 0 Å². The lowest BCUT2D eigenvalue weighted by atomic mass is 10.1. The van der Waals surface area contributed by atoms with Gasteiger partial charge in [-0.25, -0.2) is 14.2 Å². The standard InChI is InChI=1S/C24H26FN3O5S/c1-27(14-16-5-8-18(25)9-6-16)21(29)15-34-24-26-20-13-17(23(31)33-3)7-10-19(20)22(30)28(24)11-4-12-32-2/h5-10,13H,4,11-12,14-15H2,1-3H3. The molecule has 10 heteroatoms. The van der Waals surface area contributed by atoms with Crippen LogP contribution in [0.2, 0.25) is 0 Å². The molecule has 0 N–H and O–H groups in total. The average Bonchev–Trinajstić information content (AvgIpc) is 2.84. The van der Waals surface area contributed by atoms with E-state index >= 15 is 0 Å². The summed E-state index contributed by atoms with van der Waals surface area (Å²) in [5, 5.41) is 0.744. The lowest BCUT2D eigenvalue weighted by molar-refractivity contribution is -0.127. The summed E-state index contributed by atoms with van der Waals surface area (Å²) in [6, 6.07) is 10.5. The molecular formula is C24H26FN3O5S. The summed E-state index contributed by atoms with van der Waals surface area (Å²) >= 11 is 1.15. The van der Waals surface area contributed by atoms with Crippen molar-refractivity contribution in [3.63, 3.8) is 0 Å². The average molecular weight is 488 g/mol. The van der Waals surface area contributed by atoms with Gasteiger partial charge in [-0.15, -0.1) is 0 Å². The first-order chi connectivity index (χ1) is 16.3. The minimum atomic E-state index is -0.528. The molecule has 0 atom stereocenters. The van der Waals surface area contributed by atoms with Crippen LogP contribution in [0.15, 0.2) is 52.4 Å². The van der Waals surface area contributed by atoms with Gasteiger partial charge in [0.25, 0.3) is 5.56 Å². The van der Waals surface area contributed by atoms with E-state index in [0.717, 1.165) is 17.3 Å². The predicted molar refractivity (Wildman–Crippen MR) is 127 cm³/mol. The van der Waals surface area contributed by atoms with Crippen LogP contribution < -0.4 is 5.56 Å². The maximum absolute atomic E-state index is 13.2. The molecule has 180 valence electrons. The number of aromatic nitrogens is 2. The number of esters is 1. The summed E-state index contributed by atoms with van der Waals surface area (Å²) < 4.78 is 24.5. The molecule has 2 aromatic carbocycles. The van der Waals surface area contributed by atoms with Crippen LogP contribution in [-0.4, -0.2) is 60.0 Å². The maximum Gasteiger partial charge on any atom is 0.337 e. The van der Waals surface area contributed by atoms with Crippen molar-refractivity contribution in [1.29, 1.82) is 0 Å². The van der Waals surface area contributed by atoms with Crippen molar-refractivity contribution in [1.82, 2.24) is 14.5 Å². The number of benzene rings is 2. The van der Waals surface area contributed by atoms with Crippen LogP contribution in [0.4, 0.5) is 4.39 Å². The van der Waals surface area contributed by atoms with Crippen LogP contribution in [-0.2, 0) is 27.4 Å². The summed E-state index contributed by atoms with van der Waals surface area (Å²) in [7, 11) is 4.53. The summed E-state index contributed by atoms with van der Waals surface area (Å²) in [5.74, 6) is -0.982. The highest BCUT2D eigenvalue weighted by molar-refractivity contribution is 7.99. The lowest BCUT2D eigenvalue weighted by Gasteiger charge is -2.18. The zero-order valence-corrected chi connectivity index (χ0v) is 20.1. The third-order valence-corrected chi connectivity index (χ3v) is 6.12. The van der Waals surface area contributed by atoms with Gasteiger partial charge in [-0.3, -0.25) is 14.2 Å². The smallest absolute Gasteiger partial charge is 0.337 e. The fraction of sp³-hybridized carbons (Fsp3) is 0.333. The first-order valence-corrected chi connectivity index (χ1v) is 11.6. The Morgan fingerprint density at radius 1 is 1.15 bits per heavy atom. The van der Waals surface area contributed by atoms with Gasteiger partial charge in [-0.05, 0) is 42.3 Å². The Balaban J connectivity index is 1.84. The van der Waals surface area contributed by atoms with Crippen LogP contribution >= 0.6 is 11.8 Å². The summed E-state index contributed by atoms with van der Waals surface area (Å²) in [6.45, 7) is 1.17. The minimum absolute atomic E-state index is 0.0522. The molecular weight excluding hydrogens is 461 g/mol. The number of hydrogen-bond acceptors (Lipinski definition) is 7. The molecule has 0 radical (unpaired) electrons. The van der Waals surface area contributed by atoms with E-state index in [0.29, 0.717) is 42.2 Å². The Bertz CT molecular complexity index is 1230. The van der Waals surface area contributed by atoms with E-state index in [1.54, 1.807) is 32.4 Å². The number of rotatable bonds is 10. The van der Waals surface area contributed by atoms with Gasteiger partial charge < -0.3 is 14.4 Å². The Morgan fingerprint density at radius 2 is 1.88 bits per heavy atom. The molecule has 0 saturated carbocycles. The first kappa shape index (κ1) is 25.4. The molecule has 3 rings (SSSR count). The molecule has 0 aliphatic rings. The summed E-state index contributed by atoms with van der Waals surface area (Å²) in [6.07, 6.45) is 0.593. The number of amides is 1. The SMILES string of the molecule is COCCCn1c(SCC(=O)N(C)Cc2ccc(F)cc2)nc2cc(C(=O)OC)ccc2c1=O. The molecule has 0 aliphatic carbocycles. The van der Waals surface area contributed by atoms with Gasteiger partial charge in [-0.1, -0.05) is 23.9 Å². The number of carbonyl (C=O) groups excluding carboxylic acids is 2. The van der Waals surface area contributed by atoms with Crippen molar-refractivity contribution in [3.05, 3.63) is 69.8 Å². The second-order valence-corrected chi connectivity index (χ2v) is 8.53. The van der Waals surface area contributed by atoms with E-state index in [4.69, 9.17) is 9.47 Å². The molecule has 0 spiro atoms. The van der Waals surface area contributed by atoms with Crippen LogP contribution in [0.3, 0.4) is 0 Å². The molecule has 0 fully saturated rings. The molecule has 34 heavy (non-hydrogen) atoms. The highest BCUT2D eigenvalue weighted by Gasteiger charge is 2.17. The van der Waals surface area contributed by atoms with Crippen LogP contribution in [0.25, 0.3) is 10.9 Å². The highest BCUT2D eigenvalue weighted by Crippen LogP contribution is 2.20. The molecule has 0 bridgehead atoms. The monoisotopic (exact) mass is 487 g/mol. The van der Waals surface area contributed by atoms with E-state index in [1.807, 2.05) is 0 Å². The van der Waals surface area contributed by atoms with Gasteiger partial charge in [-0.2, -0.15) is 0 Å². The largest absolute Gasteiger partial charge is 0.465 e. The maximum atomic E-state index is 13.2. The number of fused-ring (bicyclic) bond motifs is 1. The van der Waals surface area contributed by atoms with E-state index in [-0.39, 0.29) is 28.6 Å². The fourth-order valence-electron chi connectivity index (χ4n) is 3.31. The van der Waals surface area contributed by atoms with E-state index in [2.05, 4.69) is 4.98 Å². The quantitative estimate of drug-likeness (QED) is 0.188. The number of methoxy groups -OCH3 is 2. The molecule has 0 aliphatic heterocycles. The van der Waals surface area contributed by atoms with Gasteiger partial charge in [0, 0.05) is 33.9 Å². The summed E-state index contributed by atoms with van der Waals surface area (Å²) in [4.78, 5) is 43.9. The second-order valence-electron chi connectivity index (χ2n) is 7.59. The van der Waals surface area contributed by atoms with Crippen molar-refractivity contribution >= 4 is 34.5 Å². The van der Waals surface area contributed by atoms with Crippen molar-refractivity contribution in [2.75, 3.05) is 33.6 Å². The number of thioether (sulfide) groups is 1. The van der Waals surface area contributed by atoms with Gasteiger partial charge in [0.05, 0.1) is 29.3 Å². The number of hydrogen-bond donors (Lipinski definition) is 0. The Hall–Kier alpha value is -3.24. The van der Waals surface area contributed by atoms with Crippen LogP contribution in [0, 0.1) is 5.82 Å². The molecule has 3 aromatic rings. The predicted octanol–water partition coefficient (Wildman–Crippen LogP) is 3.11. The van der Waals surface area contributed by atoms with Crippen LogP contribution in [0.1, 0.15) is 22.3 Å². The Morgan fingerprint density at radius 3 is 2.56 bits per heavy atom. The van der Waals surface area contributed by atoms with Gasteiger partial charge >= 0.3 is 5.97 Å². The molecule has 0 unspecified atom stereocenters. The first-order valence-electron chi connectivity index (χ1n) is 10.6. The molecule has 0 saturated heterocycles. The summed E-state index contributed by atoms with van der Waals surface area (Å²) in [5.41, 5.74) is 1.18. The zero-order valence-electron chi connectivity index (χ0n) is 19.2. The van der Waals surface area contributed by atoms with Crippen molar-refractivity contribution in [2.24, 2.45) is 0 Å². The molecule has 1 aromatic heterocycles. The third-order valence-electron chi connectivity index (χ3n) is 5.16. The molecule has 1 amide bonds. The number of carbonyl (C=O) groups is 2. The third kappa shape index (κ3) is 6.21. The Kier molecular flexibility index (Phi) is 8.78. The number of nitrogens with zero attached hydrogens (tertiary/aromatic N) is 3. The lowest BCUT2D eigenvalue weighted by Crippen LogP contribution is -2.29. The normalized spacial score (nSPS) is 10.9. The van der Waals surface area contributed by atoms with Crippen molar-refractivity contribution in [2.45, 2.75) is 24.7 Å². The van der Waals surface area contributed by atoms with E-state index < -0.39 is 5.97 Å². The Labute approximate surface area is 200 Å². The van der Waals surface area contributed by atoms with E-state index in [1.165, 1.54) is 40.8 Å².